The Labute approximate surface area is 371 Å². The molecule has 11 aromatic rings. The lowest BCUT2D eigenvalue weighted by Crippen LogP contribution is -2.12. The minimum absolute atomic E-state index is 0.551. The predicted molar refractivity (Wildman–Crippen MR) is 261 cm³/mol. The van der Waals surface area contributed by atoms with E-state index in [-0.39, 0.29) is 0 Å². The first-order valence-electron chi connectivity index (χ1n) is 21.5. The molecule has 1 aliphatic heterocycles. The lowest BCUT2D eigenvalue weighted by molar-refractivity contribution is 0.938. The van der Waals surface area contributed by atoms with Gasteiger partial charge in [-0.05, 0) is 82.9 Å². The molecule has 0 atom stereocenters. The van der Waals surface area contributed by atoms with Gasteiger partial charge in [0.25, 0.3) is 0 Å². The quantitative estimate of drug-likeness (QED) is 0.160. The van der Waals surface area contributed by atoms with Gasteiger partial charge >= 0.3 is 0 Å². The molecule has 0 bridgehead atoms. The van der Waals surface area contributed by atoms with Crippen LogP contribution in [0.2, 0.25) is 0 Å². The Kier molecular flexibility index (Phi) is 9.05. The van der Waals surface area contributed by atoms with Crippen molar-refractivity contribution in [2.75, 3.05) is 4.90 Å². The molecule has 12 rings (SSSR count). The van der Waals surface area contributed by atoms with E-state index in [9.17, 15) is 0 Å². The maximum Gasteiger partial charge on any atom is 0.238 e. The van der Waals surface area contributed by atoms with Crippen LogP contribution in [0.5, 0.6) is 0 Å². The van der Waals surface area contributed by atoms with Crippen molar-refractivity contribution >= 4 is 28.0 Å². The first-order valence-corrected chi connectivity index (χ1v) is 21.5. The molecule has 0 N–H and O–H groups in total. The highest BCUT2D eigenvalue weighted by molar-refractivity contribution is 6.13. The van der Waals surface area contributed by atoms with E-state index in [1.54, 1.807) is 0 Å². The average molecular weight is 819 g/mol. The molecule has 0 saturated heterocycles. The van der Waals surface area contributed by atoms with Gasteiger partial charge in [-0.3, -0.25) is 9.55 Å². The summed E-state index contributed by atoms with van der Waals surface area (Å²) >= 11 is 0. The van der Waals surface area contributed by atoms with Gasteiger partial charge in [0, 0.05) is 50.7 Å². The number of hydrogen-bond donors (Lipinski definition) is 0. The summed E-state index contributed by atoms with van der Waals surface area (Å²) in [4.78, 5) is 22.8. The maximum atomic E-state index is 5.29. The first-order chi connectivity index (χ1) is 31.7. The fourth-order valence-corrected chi connectivity index (χ4v) is 9.13. The van der Waals surface area contributed by atoms with Gasteiger partial charge in [0.05, 0.1) is 28.3 Å². The van der Waals surface area contributed by atoms with E-state index in [1.165, 1.54) is 0 Å². The van der Waals surface area contributed by atoms with Gasteiger partial charge in [-0.25, -0.2) is 4.98 Å². The molecule has 8 aromatic carbocycles. The largest absolute Gasteiger partial charge is 0.309 e. The van der Waals surface area contributed by atoms with E-state index < -0.39 is 0 Å². The van der Waals surface area contributed by atoms with Crippen LogP contribution >= 0.6 is 0 Å². The Bertz CT molecular complexity index is 3380. The second kappa shape index (κ2) is 15.6. The smallest absolute Gasteiger partial charge is 0.238 e. The second-order valence-corrected chi connectivity index (χ2v) is 15.9. The highest BCUT2D eigenvalue weighted by atomic mass is 15.2. The molecule has 6 nitrogen and oxygen atoms in total. The molecule has 64 heavy (non-hydrogen) atoms. The monoisotopic (exact) mass is 818 g/mol. The predicted octanol–water partition coefficient (Wildman–Crippen LogP) is 14.7. The topological polar surface area (TPSA) is 59.7 Å². The molecule has 300 valence electrons. The van der Waals surface area contributed by atoms with E-state index in [2.05, 4.69) is 185 Å². The standard InChI is InChI=1S/C58H38N6/c1-4-19-39(20-5-1)43-35-44(37-45(36-43)50-30-16-17-34-59-50)42-25-18-26-46(38-42)63-51-31-13-10-27-47(51)54-48-28-11-14-32-52(48)64(55(54)49-29-12-15-33-53(49)63)58-61-56(40-21-6-2-7-22-40)60-57(62-58)41-23-8-3-9-24-41/h1-38H. The number of anilines is 3. The van der Waals surface area contributed by atoms with Crippen molar-refractivity contribution in [2.24, 2.45) is 0 Å². The molecule has 0 fully saturated rings. The van der Waals surface area contributed by atoms with Crippen molar-refractivity contribution in [3.8, 4) is 84.6 Å². The fraction of sp³-hybridized carbons (Fsp3) is 0. The minimum Gasteiger partial charge on any atom is -0.309 e. The van der Waals surface area contributed by atoms with Crippen molar-refractivity contribution in [1.29, 1.82) is 0 Å². The maximum absolute atomic E-state index is 5.29. The van der Waals surface area contributed by atoms with Crippen LogP contribution in [0, 0.1) is 0 Å². The van der Waals surface area contributed by atoms with E-state index in [0.29, 0.717) is 17.6 Å². The summed E-state index contributed by atoms with van der Waals surface area (Å²) in [6, 6.07) is 78.7. The molecule has 0 aliphatic carbocycles. The van der Waals surface area contributed by atoms with E-state index in [1.807, 2.05) is 54.7 Å². The summed E-state index contributed by atoms with van der Waals surface area (Å²) in [5.41, 5.74) is 16.8. The number of aromatic nitrogens is 5. The van der Waals surface area contributed by atoms with Crippen LogP contribution in [-0.4, -0.2) is 24.5 Å². The van der Waals surface area contributed by atoms with Crippen LogP contribution in [0.15, 0.2) is 231 Å². The molecule has 0 amide bonds. The lowest BCUT2D eigenvalue weighted by Gasteiger charge is -2.28. The van der Waals surface area contributed by atoms with Gasteiger partial charge < -0.3 is 4.90 Å². The molecular formula is C58H38N6. The summed E-state index contributed by atoms with van der Waals surface area (Å²) in [7, 11) is 0. The average Bonchev–Trinajstić information content (AvgIpc) is 3.66. The zero-order chi connectivity index (χ0) is 42.4. The molecule has 1 aliphatic rings. The van der Waals surface area contributed by atoms with Gasteiger partial charge in [0.2, 0.25) is 5.95 Å². The van der Waals surface area contributed by atoms with Gasteiger partial charge in [-0.15, -0.1) is 0 Å². The lowest BCUT2D eigenvalue weighted by atomic mass is 9.94. The van der Waals surface area contributed by atoms with Gasteiger partial charge in [0.15, 0.2) is 11.6 Å². The summed E-state index contributed by atoms with van der Waals surface area (Å²) in [6.45, 7) is 0. The molecule has 0 saturated carbocycles. The number of fused-ring (bicyclic) bond motifs is 7. The van der Waals surface area contributed by atoms with Crippen LogP contribution in [0.25, 0.3) is 95.5 Å². The Morgan fingerprint density at radius 1 is 0.359 bits per heavy atom. The van der Waals surface area contributed by atoms with Gasteiger partial charge in [0.1, 0.15) is 0 Å². The molecule has 6 heteroatoms. The summed E-state index contributed by atoms with van der Waals surface area (Å²) in [5, 5.41) is 1.11. The highest BCUT2D eigenvalue weighted by Crippen LogP contribution is 2.54. The zero-order valence-corrected chi connectivity index (χ0v) is 34.6. The molecule has 0 spiro atoms. The van der Waals surface area contributed by atoms with Crippen LogP contribution in [-0.2, 0) is 0 Å². The zero-order valence-electron chi connectivity index (χ0n) is 34.6. The van der Waals surface area contributed by atoms with Gasteiger partial charge in [-0.1, -0.05) is 164 Å². The Balaban J connectivity index is 1.09. The van der Waals surface area contributed by atoms with Crippen molar-refractivity contribution in [1.82, 2.24) is 24.5 Å². The van der Waals surface area contributed by atoms with Crippen molar-refractivity contribution in [2.45, 2.75) is 0 Å². The van der Waals surface area contributed by atoms with E-state index in [0.717, 1.165) is 95.0 Å². The number of para-hydroxylation sites is 3. The number of nitrogens with zero attached hydrogens (tertiary/aromatic N) is 6. The molecule has 0 radical (unpaired) electrons. The third-order valence-corrected chi connectivity index (χ3v) is 12.0. The van der Waals surface area contributed by atoms with Crippen molar-refractivity contribution in [3.05, 3.63) is 231 Å². The summed E-state index contributed by atoms with van der Waals surface area (Å²) in [5.74, 6) is 1.77. The van der Waals surface area contributed by atoms with Gasteiger partial charge in [-0.2, -0.15) is 9.97 Å². The van der Waals surface area contributed by atoms with Crippen LogP contribution < -0.4 is 4.90 Å². The molecular weight excluding hydrogens is 781 g/mol. The SMILES string of the molecule is c1ccc(-c2cc(-c3cccc(N4c5ccccc5-c5c(n(-c6nc(-c7ccccc7)nc(-c7ccccc7)n6)c6ccccc56)-c5ccccc54)c3)cc(-c3ccccn3)c2)cc1. The Morgan fingerprint density at radius 3 is 1.59 bits per heavy atom. The second-order valence-electron chi connectivity index (χ2n) is 15.9. The van der Waals surface area contributed by atoms with Crippen LogP contribution in [0.4, 0.5) is 17.1 Å². The minimum atomic E-state index is 0.551. The summed E-state index contributed by atoms with van der Waals surface area (Å²) < 4.78 is 2.25. The van der Waals surface area contributed by atoms with Crippen molar-refractivity contribution in [3.63, 3.8) is 0 Å². The number of pyridine rings is 1. The number of rotatable bonds is 7. The molecule has 0 unspecified atom stereocenters. The van der Waals surface area contributed by atoms with E-state index in [4.69, 9.17) is 19.9 Å². The summed E-state index contributed by atoms with van der Waals surface area (Å²) in [6.07, 6.45) is 1.86. The number of hydrogen-bond acceptors (Lipinski definition) is 5. The number of benzene rings is 8. The van der Waals surface area contributed by atoms with Crippen molar-refractivity contribution < 1.29 is 0 Å². The third-order valence-electron chi connectivity index (χ3n) is 12.0. The third kappa shape index (κ3) is 6.44. The Hall–Kier alpha value is -8.74. The molecule has 3 aromatic heterocycles. The first kappa shape index (κ1) is 37.1. The van der Waals surface area contributed by atoms with E-state index >= 15 is 0 Å². The molecule has 4 heterocycles. The van der Waals surface area contributed by atoms with Crippen LogP contribution in [0.3, 0.4) is 0 Å². The van der Waals surface area contributed by atoms with Crippen LogP contribution in [0.1, 0.15) is 0 Å². The fourth-order valence-electron chi connectivity index (χ4n) is 9.13. The Morgan fingerprint density at radius 2 is 0.906 bits per heavy atom. The normalized spacial score (nSPS) is 11.7. The highest BCUT2D eigenvalue weighted by Gasteiger charge is 2.32.